The van der Waals surface area contributed by atoms with Gasteiger partial charge in [0.05, 0.1) is 16.2 Å². The van der Waals surface area contributed by atoms with Gasteiger partial charge in [0.25, 0.3) is 5.69 Å². The molecule has 90 valence electrons. The molecule has 0 bridgehead atoms. The minimum absolute atomic E-state index is 0.0638. The zero-order valence-electron chi connectivity index (χ0n) is 9.91. The van der Waals surface area contributed by atoms with Crippen LogP contribution in [0, 0.1) is 17.0 Å². The Morgan fingerprint density at radius 2 is 1.94 bits per heavy atom. The van der Waals surface area contributed by atoms with E-state index >= 15 is 0 Å². The SMILES string of the molecule is Cc1cccc(N=Cc2ccccc2[N+](=O)[O-])c1. The maximum absolute atomic E-state index is 10.8. The summed E-state index contributed by atoms with van der Waals surface area (Å²) in [7, 11) is 0. The number of benzene rings is 2. The topological polar surface area (TPSA) is 55.5 Å². The minimum atomic E-state index is -0.405. The third-order valence-electron chi connectivity index (χ3n) is 2.49. The standard InChI is InChI=1S/C14H12N2O2/c1-11-5-4-7-13(9-11)15-10-12-6-2-3-8-14(12)16(17)18/h2-10H,1H3. The molecule has 0 amide bonds. The summed E-state index contributed by atoms with van der Waals surface area (Å²) in [5, 5.41) is 10.8. The van der Waals surface area contributed by atoms with Gasteiger partial charge < -0.3 is 0 Å². The first-order valence-corrected chi connectivity index (χ1v) is 5.51. The van der Waals surface area contributed by atoms with Crippen molar-refractivity contribution in [3.63, 3.8) is 0 Å². The zero-order valence-corrected chi connectivity index (χ0v) is 9.91. The Hall–Kier alpha value is -2.49. The highest BCUT2D eigenvalue weighted by atomic mass is 16.6. The van der Waals surface area contributed by atoms with Crippen LogP contribution in [0.1, 0.15) is 11.1 Å². The summed E-state index contributed by atoms with van der Waals surface area (Å²) >= 11 is 0. The highest BCUT2D eigenvalue weighted by molar-refractivity contribution is 5.86. The average Bonchev–Trinajstić information content (AvgIpc) is 2.37. The van der Waals surface area contributed by atoms with Crippen molar-refractivity contribution in [3.05, 3.63) is 69.8 Å². The monoisotopic (exact) mass is 240 g/mol. The number of para-hydroxylation sites is 1. The lowest BCUT2D eigenvalue weighted by molar-refractivity contribution is -0.385. The van der Waals surface area contributed by atoms with Crippen molar-refractivity contribution in [2.24, 2.45) is 4.99 Å². The molecule has 4 heteroatoms. The molecule has 0 radical (unpaired) electrons. The van der Waals surface area contributed by atoms with Gasteiger partial charge in [-0.15, -0.1) is 0 Å². The van der Waals surface area contributed by atoms with Crippen LogP contribution in [0.15, 0.2) is 53.5 Å². The van der Waals surface area contributed by atoms with Crippen LogP contribution in [0.3, 0.4) is 0 Å². The second-order valence-corrected chi connectivity index (χ2v) is 3.91. The first-order valence-electron chi connectivity index (χ1n) is 5.51. The summed E-state index contributed by atoms with van der Waals surface area (Å²) in [4.78, 5) is 14.7. The van der Waals surface area contributed by atoms with E-state index in [0.29, 0.717) is 5.56 Å². The Morgan fingerprint density at radius 1 is 1.17 bits per heavy atom. The minimum Gasteiger partial charge on any atom is -0.258 e. The van der Waals surface area contributed by atoms with Gasteiger partial charge >= 0.3 is 0 Å². The van der Waals surface area contributed by atoms with E-state index in [1.54, 1.807) is 18.2 Å². The molecule has 18 heavy (non-hydrogen) atoms. The van der Waals surface area contributed by atoms with Gasteiger partial charge in [0.15, 0.2) is 0 Å². The molecule has 0 N–H and O–H groups in total. The molecular weight excluding hydrogens is 228 g/mol. The summed E-state index contributed by atoms with van der Waals surface area (Å²) in [5.74, 6) is 0. The zero-order chi connectivity index (χ0) is 13.0. The summed E-state index contributed by atoms with van der Waals surface area (Å²) in [6.45, 7) is 1.98. The van der Waals surface area contributed by atoms with E-state index in [1.165, 1.54) is 12.3 Å². The molecule has 4 nitrogen and oxygen atoms in total. The molecule has 0 heterocycles. The van der Waals surface area contributed by atoms with Crippen LogP contribution in [-0.4, -0.2) is 11.1 Å². The third-order valence-corrected chi connectivity index (χ3v) is 2.49. The fourth-order valence-electron chi connectivity index (χ4n) is 1.62. The van der Waals surface area contributed by atoms with Crippen LogP contribution in [0.2, 0.25) is 0 Å². The van der Waals surface area contributed by atoms with Crippen molar-refractivity contribution < 1.29 is 4.92 Å². The normalized spacial score (nSPS) is 10.7. The van der Waals surface area contributed by atoms with Gasteiger partial charge in [-0.1, -0.05) is 24.3 Å². The average molecular weight is 240 g/mol. The van der Waals surface area contributed by atoms with E-state index in [1.807, 2.05) is 31.2 Å². The first-order chi connectivity index (χ1) is 8.66. The van der Waals surface area contributed by atoms with Crippen molar-refractivity contribution in [1.29, 1.82) is 0 Å². The van der Waals surface area contributed by atoms with Crippen molar-refractivity contribution in [3.8, 4) is 0 Å². The van der Waals surface area contributed by atoms with Crippen molar-refractivity contribution >= 4 is 17.6 Å². The van der Waals surface area contributed by atoms with E-state index in [2.05, 4.69) is 4.99 Å². The molecule has 2 rings (SSSR count). The maximum atomic E-state index is 10.8. The lowest BCUT2D eigenvalue weighted by Gasteiger charge is -1.97. The van der Waals surface area contributed by atoms with Gasteiger partial charge in [-0.2, -0.15) is 0 Å². The smallest absolute Gasteiger partial charge is 0.258 e. The molecule has 0 aromatic heterocycles. The first kappa shape index (κ1) is 12.0. The highest BCUT2D eigenvalue weighted by Gasteiger charge is 2.09. The van der Waals surface area contributed by atoms with E-state index in [-0.39, 0.29) is 5.69 Å². The van der Waals surface area contributed by atoms with Crippen LogP contribution in [-0.2, 0) is 0 Å². The number of hydrogen-bond acceptors (Lipinski definition) is 3. The van der Waals surface area contributed by atoms with Gasteiger partial charge in [-0.05, 0) is 30.7 Å². The van der Waals surface area contributed by atoms with Crippen LogP contribution < -0.4 is 0 Å². The maximum Gasteiger partial charge on any atom is 0.278 e. The molecule has 0 spiro atoms. The molecule has 0 saturated carbocycles. The molecule has 0 unspecified atom stereocenters. The number of rotatable bonds is 3. The molecule has 0 aliphatic heterocycles. The molecule has 0 saturated heterocycles. The van der Waals surface area contributed by atoms with E-state index in [0.717, 1.165) is 11.3 Å². The number of aryl methyl sites for hydroxylation is 1. The number of nitro benzene ring substituents is 1. The van der Waals surface area contributed by atoms with Crippen LogP contribution in [0.5, 0.6) is 0 Å². The number of aliphatic imine (C=N–C) groups is 1. The van der Waals surface area contributed by atoms with Gasteiger partial charge in [0.1, 0.15) is 0 Å². The van der Waals surface area contributed by atoms with E-state index in [4.69, 9.17) is 0 Å². The summed E-state index contributed by atoms with van der Waals surface area (Å²) in [6.07, 6.45) is 1.52. The Balaban J connectivity index is 2.32. The molecular formula is C14H12N2O2. The Bertz CT molecular complexity index is 606. The van der Waals surface area contributed by atoms with E-state index < -0.39 is 4.92 Å². The highest BCUT2D eigenvalue weighted by Crippen LogP contribution is 2.18. The fourth-order valence-corrected chi connectivity index (χ4v) is 1.62. The predicted molar refractivity (Wildman–Crippen MR) is 71.5 cm³/mol. The third kappa shape index (κ3) is 2.79. The summed E-state index contributed by atoms with van der Waals surface area (Å²) < 4.78 is 0. The van der Waals surface area contributed by atoms with Crippen LogP contribution in [0.25, 0.3) is 0 Å². The second-order valence-electron chi connectivity index (χ2n) is 3.91. The summed E-state index contributed by atoms with van der Waals surface area (Å²) in [6, 6.07) is 14.2. The molecule has 0 fully saturated rings. The second kappa shape index (κ2) is 5.23. The number of nitrogens with zero attached hydrogens (tertiary/aromatic N) is 2. The predicted octanol–water partition coefficient (Wildman–Crippen LogP) is 3.65. The largest absolute Gasteiger partial charge is 0.278 e. The fraction of sp³-hybridized carbons (Fsp3) is 0.0714. The van der Waals surface area contributed by atoms with Gasteiger partial charge in [-0.25, -0.2) is 0 Å². The van der Waals surface area contributed by atoms with Gasteiger partial charge in [0, 0.05) is 12.3 Å². The molecule has 2 aromatic carbocycles. The van der Waals surface area contributed by atoms with Crippen molar-refractivity contribution in [1.82, 2.24) is 0 Å². The van der Waals surface area contributed by atoms with Crippen LogP contribution >= 0.6 is 0 Å². The molecule has 0 aliphatic rings. The summed E-state index contributed by atoms with van der Waals surface area (Å²) in [5.41, 5.74) is 2.46. The lowest BCUT2D eigenvalue weighted by atomic mass is 10.2. The lowest BCUT2D eigenvalue weighted by Crippen LogP contribution is -1.93. The number of nitro groups is 1. The van der Waals surface area contributed by atoms with Gasteiger partial charge in [0.2, 0.25) is 0 Å². The molecule has 2 aromatic rings. The molecule has 0 aliphatic carbocycles. The van der Waals surface area contributed by atoms with Crippen molar-refractivity contribution in [2.75, 3.05) is 0 Å². The van der Waals surface area contributed by atoms with Gasteiger partial charge in [-0.3, -0.25) is 15.1 Å². The number of hydrogen-bond donors (Lipinski definition) is 0. The molecule has 0 atom stereocenters. The quantitative estimate of drug-likeness (QED) is 0.467. The van der Waals surface area contributed by atoms with Crippen LogP contribution in [0.4, 0.5) is 11.4 Å². The Labute approximate surface area is 105 Å². The Morgan fingerprint density at radius 3 is 2.67 bits per heavy atom. The van der Waals surface area contributed by atoms with E-state index in [9.17, 15) is 10.1 Å². The van der Waals surface area contributed by atoms with Crippen molar-refractivity contribution in [2.45, 2.75) is 6.92 Å². The Kier molecular flexibility index (Phi) is 3.48.